The Hall–Kier alpha value is -3.10. The summed E-state index contributed by atoms with van der Waals surface area (Å²) in [4.78, 5) is 55.8. The first-order valence-corrected chi connectivity index (χ1v) is 5.34. The van der Waals surface area contributed by atoms with Crippen LogP contribution in [0.5, 0.6) is 0 Å². The maximum absolute atomic E-state index is 12.0. The fourth-order valence-electron chi connectivity index (χ4n) is 1.70. The number of hydrogen-bond acceptors (Lipinski definition) is 6. The highest BCUT2D eigenvalue weighted by molar-refractivity contribution is 6.29. The number of rotatable bonds is 3. The van der Waals surface area contributed by atoms with Crippen LogP contribution >= 0.6 is 0 Å². The number of non-ortho nitro benzene ring substituents is 1. The van der Waals surface area contributed by atoms with Crippen molar-refractivity contribution in [1.82, 2.24) is 10.6 Å². The van der Waals surface area contributed by atoms with Crippen LogP contribution in [0.3, 0.4) is 0 Å². The highest BCUT2D eigenvalue weighted by Gasteiger charge is 2.40. The lowest BCUT2D eigenvalue weighted by atomic mass is 9.94. The maximum Gasteiger partial charge on any atom is 0.328 e. The molecule has 4 amide bonds. The molecule has 9 heteroatoms. The molecule has 1 fully saturated rings. The van der Waals surface area contributed by atoms with Gasteiger partial charge in [-0.15, -0.1) is 0 Å². The largest absolute Gasteiger partial charge is 0.328 e. The van der Waals surface area contributed by atoms with E-state index in [1.165, 1.54) is 18.2 Å². The number of nitrogens with one attached hydrogen (secondary N) is 2. The Morgan fingerprint density at radius 2 is 1.75 bits per heavy atom. The first-order valence-electron chi connectivity index (χ1n) is 5.34. The summed E-state index contributed by atoms with van der Waals surface area (Å²) in [5.41, 5.74) is -0.507. The number of hydrogen-bond donors (Lipinski definition) is 2. The molecule has 1 aromatic rings. The third-order valence-electron chi connectivity index (χ3n) is 2.60. The summed E-state index contributed by atoms with van der Waals surface area (Å²) in [6.07, 6.45) is 0. The SMILES string of the molecule is O=C1NC(=O)C(C(=O)c2cccc([N+](=O)[O-])c2)C(=O)N1. The average Bonchev–Trinajstić information content (AvgIpc) is 2.37. The number of carbonyl (C=O) groups is 4. The first-order chi connectivity index (χ1) is 9.40. The monoisotopic (exact) mass is 277 g/mol. The Morgan fingerprint density at radius 3 is 2.30 bits per heavy atom. The Kier molecular flexibility index (Phi) is 3.25. The van der Waals surface area contributed by atoms with Crippen LogP contribution in [0.1, 0.15) is 10.4 Å². The van der Waals surface area contributed by atoms with Gasteiger partial charge in [0.2, 0.25) is 11.8 Å². The molecule has 0 unspecified atom stereocenters. The maximum atomic E-state index is 12.0. The number of barbiturate groups is 1. The van der Waals surface area contributed by atoms with E-state index in [1.807, 2.05) is 0 Å². The molecule has 1 aliphatic heterocycles. The van der Waals surface area contributed by atoms with Crippen LogP contribution in [0.25, 0.3) is 0 Å². The van der Waals surface area contributed by atoms with Gasteiger partial charge < -0.3 is 0 Å². The van der Waals surface area contributed by atoms with Crippen molar-refractivity contribution in [3.8, 4) is 0 Å². The van der Waals surface area contributed by atoms with Crippen LogP contribution in [0.15, 0.2) is 24.3 Å². The molecule has 2 rings (SSSR count). The van der Waals surface area contributed by atoms with Gasteiger partial charge in [-0.3, -0.25) is 35.1 Å². The summed E-state index contributed by atoms with van der Waals surface area (Å²) >= 11 is 0. The molecule has 0 bridgehead atoms. The Morgan fingerprint density at radius 1 is 1.15 bits per heavy atom. The highest BCUT2D eigenvalue weighted by Crippen LogP contribution is 2.17. The predicted octanol–water partition coefficient (Wildman–Crippen LogP) is -0.240. The van der Waals surface area contributed by atoms with E-state index in [0.29, 0.717) is 0 Å². The van der Waals surface area contributed by atoms with Gasteiger partial charge >= 0.3 is 6.03 Å². The van der Waals surface area contributed by atoms with Gasteiger partial charge in [-0.1, -0.05) is 12.1 Å². The summed E-state index contributed by atoms with van der Waals surface area (Å²) in [6, 6.07) is 3.62. The van der Waals surface area contributed by atoms with Crippen molar-refractivity contribution in [2.24, 2.45) is 5.92 Å². The predicted molar refractivity (Wildman–Crippen MR) is 62.6 cm³/mol. The molecule has 0 aromatic heterocycles. The molecule has 1 heterocycles. The third-order valence-corrected chi connectivity index (χ3v) is 2.60. The molecule has 20 heavy (non-hydrogen) atoms. The second-order valence-corrected chi connectivity index (χ2v) is 3.91. The zero-order valence-electron chi connectivity index (χ0n) is 9.78. The lowest BCUT2D eigenvalue weighted by Crippen LogP contribution is -2.57. The average molecular weight is 277 g/mol. The zero-order valence-corrected chi connectivity index (χ0v) is 9.78. The normalized spacial score (nSPS) is 15.5. The Labute approximate surface area is 111 Å². The van der Waals surface area contributed by atoms with E-state index >= 15 is 0 Å². The number of amides is 4. The van der Waals surface area contributed by atoms with E-state index < -0.39 is 34.5 Å². The number of urea groups is 1. The lowest BCUT2D eigenvalue weighted by Gasteiger charge is -2.19. The van der Waals surface area contributed by atoms with Crippen molar-refractivity contribution in [2.45, 2.75) is 0 Å². The molecule has 1 saturated heterocycles. The molecule has 2 N–H and O–H groups in total. The van der Waals surface area contributed by atoms with Gasteiger partial charge in [0.15, 0.2) is 11.7 Å². The third kappa shape index (κ3) is 2.36. The molecular formula is C11H7N3O6. The van der Waals surface area contributed by atoms with Crippen molar-refractivity contribution >= 4 is 29.3 Å². The number of nitro benzene ring substituents is 1. The number of nitro groups is 1. The smallest absolute Gasteiger partial charge is 0.293 e. The Balaban J connectivity index is 2.33. The molecule has 1 aliphatic rings. The molecule has 0 saturated carbocycles. The topological polar surface area (TPSA) is 135 Å². The van der Waals surface area contributed by atoms with E-state index in [9.17, 15) is 29.3 Å². The number of benzene rings is 1. The van der Waals surface area contributed by atoms with E-state index in [2.05, 4.69) is 0 Å². The van der Waals surface area contributed by atoms with Gasteiger partial charge in [-0.05, 0) is 0 Å². The first kappa shape index (κ1) is 13.3. The summed E-state index contributed by atoms with van der Waals surface area (Å²) in [7, 11) is 0. The van der Waals surface area contributed by atoms with Gasteiger partial charge in [0, 0.05) is 17.7 Å². The van der Waals surface area contributed by atoms with Crippen molar-refractivity contribution in [1.29, 1.82) is 0 Å². The summed E-state index contributed by atoms with van der Waals surface area (Å²) in [6.45, 7) is 0. The van der Waals surface area contributed by atoms with E-state index in [-0.39, 0.29) is 11.3 Å². The van der Waals surface area contributed by atoms with Gasteiger partial charge in [-0.2, -0.15) is 0 Å². The molecule has 1 aromatic carbocycles. The van der Waals surface area contributed by atoms with Gasteiger partial charge in [0.1, 0.15) is 0 Å². The number of carbonyl (C=O) groups excluding carboxylic acids is 4. The van der Waals surface area contributed by atoms with Crippen LogP contribution in [-0.4, -0.2) is 28.6 Å². The minimum atomic E-state index is -1.74. The van der Waals surface area contributed by atoms with Gasteiger partial charge in [0.25, 0.3) is 5.69 Å². The van der Waals surface area contributed by atoms with Crippen LogP contribution in [0.2, 0.25) is 0 Å². The van der Waals surface area contributed by atoms with E-state index in [0.717, 1.165) is 6.07 Å². The zero-order chi connectivity index (χ0) is 14.9. The van der Waals surface area contributed by atoms with Crippen LogP contribution in [0, 0.1) is 16.0 Å². The minimum Gasteiger partial charge on any atom is -0.293 e. The van der Waals surface area contributed by atoms with Gasteiger partial charge in [0.05, 0.1) is 4.92 Å². The summed E-state index contributed by atoms with van der Waals surface area (Å²) < 4.78 is 0. The molecule has 9 nitrogen and oxygen atoms in total. The lowest BCUT2D eigenvalue weighted by molar-refractivity contribution is -0.384. The Bertz CT molecular complexity index is 633. The van der Waals surface area contributed by atoms with Crippen molar-refractivity contribution < 1.29 is 24.1 Å². The summed E-state index contributed by atoms with van der Waals surface area (Å²) in [5, 5.41) is 14.2. The fraction of sp³-hybridized carbons (Fsp3) is 0.0909. The number of nitrogens with zero attached hydrogens (tertiary/aromatic N) is 1. The van der Waals surface area contributed by atoms with Crippen molar-refractivity contribution in [3.05, 3.63) is 39.9 Å². The molecular weight excluding hydrogens is 270 g/mol. The van der Waals surface area contributed by atoms with E-state index in [4.69, 9.17) is 0 Å². The molecule has 0 atom stereocenters. The van der Waals surface area contributed by atoms with Crippen LogP contribution < -0.4 is 10.6 Å². The standard InChI is InChI=1S/C11H7N3O6/c15-8(5-2-1-3-6(4-5)14(19)20)7-9(16)12-11(18)13-10(7)17/h1-4,7H,(H2,12,13,16,17,18). The molecule has 0 spiro atoms. The molecule has 102 valence electrons. The number of Topliss-reactive ketones (excluding diaryl/α,β-unsaturated/α-hetero) is 1. The fourth-order valence-corrected chi connectivity index (χ4v) is 1.70. The van der Waals surface area contributed by atoms with E-state index in [1.54, 1.807) is 10.6 Å². The van der Waals surface area contributed by atoms with Gasteiger partial charge in [-0.25, -0.2) is 4.79 Å². The number of imide groups is 2. The second kappa shape index (κ2) is 4.88. The highest BCUT2D eigenvalue weighted by atomic mass is 16.6. The quantitative estimate of drug-likeness (QED) is 0.338. The second-order valence-electron chi connectivity index (χ2n) is 3.91. The van der Waals surface area contributed by atoms with Crippen LogP contribution in [-0.2, 0) is 9.59 Å². The molecule has 0 aliphatic carbocycles. The van der Waals surface area contributed by atoms with Crippen molar-refractivity contribution in [2.75, 3.05) is 0 Å². The van der Waals surface area contributed by atoms with Crippen LogP contribution in [0.4, 0.5) is 10.5 Å². The molecule has 0 radical (unpaired) electrons. The minimum absolute atomic E-state index is 0.163. The van der Waals surface area contributed by atoms with Crippen molar-refractivity contribution in [3.63, 3.8) is 0 Å². The number of ketones is 1. The summed E-state index contributed by atoms with van der Waals surface area (Å²) in [5.74, 6) is -4.78.